The van der Waals surface area contributed by atoms with Crippen LogP contribution in [0.5, 0.6) is 0 Å². The Kier molecular flexibility index (Phi) is 6.97. The molecule has 3 N–H and O–H groups in total. The minimum atomic E-state index is -0.766. The monoisotopic (exact) mass is 309 g/mol. The maximum atomic E-state index is 12.0. The number of carbonyl (C=O) groups excluding carboxylic acids is 2. The summed E-state index contributed by atoms with van der Waals surface area (Å²) in [6.45, 7) is 1.59. The lowest BCUT2D eigenvalue weighted by atomic mass is 10.0. The quantitative estimate of drug-likeness (QED) is 0.358. The van der Waals surface area contributed by atoms with Gasteiger partial charge in [-0.1, -0.05) is 12.1 Å². The molecule has 22 heavy (non-hydrogen) atoms. The number of aliphatic hydroxyl groups excluding tert-OH is 1. The maximum absolute atomic E-state index is 12.0. The van der Waals surface area contributed by atoms with Gasteiger partial charge in [0.2, 0.25) is 11.8 Å². The second-order valence-corrected chi connectivity index (χ2v) is 4.75. The highest BCUT2D eigenvalue weighted by Gasteiger charge is 2.19. The fourth-order valence-electron chi connectivity index (χ4n) is 1.86. The van der Waals surface area contributed by atoms with Gasteiger partial charge >= 0.3 is 0 Å². The van der Waals surface area contributed by atoms with E-state index in [2.05, 4.69) is 10.6 Å². The summed E-state index contributed by atoms with van der Waals surface area (Å²) in [5.41, 5.74) is 0.661. The van der Waals surface area contributed by atoms with Crippen LogP contribution in [-0.4, -0.2) is 41.0 Å². The first kappa shape index (κ1) is 17.6. The number of nitrogens with one attached hydrogen (secondary N) is 2. The van der Waals surface area contributed by atoms with E-state index in [0.717, 1.165) is 0 Å². The van der Waals surface area contributed by atoms with Gasteiger partial charge in [-0.2, -0.15) is 0 Å². The van der Waals surface area contributed by atoms with E-state index in [1.807, 2.05) is 0 Å². The third-order valence-electron chi connectivity index (χ3n) is 2.92. The molecule has 1 aromatic carbocycles. The molecular formula is C14H19N3O5. The summed E-state index contributed by atoms with van der Waals surface area (Å²) in [6.07, 6.45) is 0.651. The van der Waals surface area contributed by atoms with Gasteiger partial charge in [-0.25, -0.2) is 0 Å². The Balaban J connectivity index is 2.73. The van der Waals surface area contributed by atoms with Gasteiger partial charge in [-0.15, -0.1) is 0 Å². The molecule has 0 aliphatic carbocycles. The summed E-state index contributed by atoms with van der Waals surface area (Å²) in [4.78, 5) is 33.3. The number of hydrogen-bond donors (Lipinski definition) is 3. The van der Waals surface area contributed by atoms with E-state index in [1.54, 1.807) is 12.1 Å². The molecule has 0 aliphatic rings. The molecule has 0 radical (unpaired) electrons. The maximum Gasteiger partial charge on any atom is 0.269 e. The number of aliphatic hydroxyl groups is 1. The average Bonchev–Trinajstić information content (AvgIpc) is 2.46. The highest BCUT2D eigenvalue weighted by atomic mass is 16.6. The molecule has 0 unspecified atom stereocenters. The third-order valence-corrected chi connectivity index (χ3v) is 2.92. The Labute approximate surface area is 127 Å². The number of rotatable bonds is 8. The SMILES string of the molecule is CC(=O)N[C@H](Cc1ccc([N+](=O)[O-])cc1)C(=O)NCCCO. The van der Waals surface area contributed by atoms with Crippen LogP contribution in [0.2, 0.25) is 0 Å². The van der Waals surface area contributed by atoms with Gasteiger partial charge in [-0.3, -0.25) is 19.7 Å². The van der Waals surface area contributed by atoms with Crippen molar-refractivity contribution in [2.75, 3.05) is 13.2 Å². The lowest BCUT2D eigenvalue weighted by Gasteiger charge is -2.17. The van der Waals surface area contributed by atoms with Gasteiger partial charge in [0.05, 0.1) is 4.92 Å². The Morgan fingerprint density at radius 2 is 1.95 bits per heavy atom. The zero-order chi connectivity index (χ0) is 16.5. The van der Waals surface area contributed by atoms with Crippen molar-refractivity contribution in [1.29, 1.82) is 0 Å². The number of nitro groups is 1. The molecule has 0 bridgehead atoms. The number of carbonyl (C=O) groups is 2. The standard InChI is InChI=1S/C14H19N3O5/c1-10(19)16-13(14(20)15-7-2-8-18)9-11-3-5-12(6-4-11)17(21)22/h3-6,13,18H,2,7-9H2,1H3,(H,15,20)(H,16,19)/t13-/m1/s1. The second-order valence-electron chi connectivity index (χ2n) is 4.75. The molecule has 1 atom stereocenters. The lowest BCUT2D eigenvalue weighted by Crippen LogP contribution is -2.47. The van der Waals surface area contributed by atoms with Crippen LogP contribution in [0.15, 0.2) is 24.3 Å². The minimum Gasteiger partial charge on any atom is -0.396 e. The average molecular weight is 309 g/mol. The molecule has 0 aliphatic heterocycles. The molecule has 0 fully saturated rings. The van der Waals surface area contributed by atoms with E-state index < -0.39 is 11.0 Å². The van der Waals surface area contributed by atoms with Gasteiger partial charge in [0.15, 0.2) is 0 Å². The Morgan fingerprint density at radius 3 is 2.45 bits per heavy atom. The van der Waals surface area contributed by atoms with Crippen molar-refractivity contribution >= 4 is 17.5 Å². The van der Waals surface area contributed by atoms with Gasteiger partial charge in [0.1, 0.15) is 6.04 Å². The van der Waals surface area contributed by atoms with E-state index in [-0.39, 0.29) is 30.5 Å². The number of amides is 2. The number of benzene rings is 1. The Morgan fingerprint density at radius 1 is 1.32 bits per heavy atom. The van der Waals surface area contributed by atoms with E-state index in [4.69, 9.17) is 5.11 Å². The van der Waals surface area contributed by atoms with Crippen molar-refractivity contribution in [2.45, 2.75) is 25.8 Å². The summed E-state index contributed by atoms with van der Waals surface area (Å²) in [5.74, 6) is -0.703. The van der Waals surface area contributed by atoms with Crippen molar-refractivity contribution in [3.05, 3.63) is 39.9 Å². The number of nitro benzene ring substituents is 1. The zero-order valence-electron chi connectivity index (χ0n) is 12.2. The molecule has 2 amide bonds. The normalized spacial score (nSPS) is 11.5. The first-order valence-corrected chi connectivity index (χ1v) is 6.83. The molecule has 120 valence electrons. The van der Waals surface area contributed by atoms with Crippen molar-refractivity contribution in [3.63, 3.8) is 0 Å². The first-order chi connectivity index (χ1) is 10.4. The summed E-state index contributed by atoms with van der Waals surface area (Å²) < 4.78 is 0. The summed E-state index contributed by atoms with van der Waals surface area (Å²) in [6, 6.07) is 5.04. The largest absolute Gasteiger partial charge is 0.396 e. The number of nitrogens with zero attached hydrogens (tertiary/aromatic N) is 1. The van der Waals surface area contributed by atoms with Crippen molar-refractivity contribution in [3.8, 4) is 0 Å². The molecule has 0 heterocycles. The van der Waals surface area contributed by atoms with Gasteiger partial charge in [0.25, 0.3) is 5.69 Å². The van der Waals surface area contributed by atoms with Crippen LogP contribution in [0.1, 0.15) is 18.9 Å². The van der Waals surface area contributed by atoms with Gasteiger partial charge < -0.3 is 15.7 Å². The van der Waals surface area contributed by atoms with Crippen molar-refractivity contribution in [2.24, 2.45) is 0 Å². The molecule has 0 saturated heterocycles. The van der Waals surface area contributed by atoms with Crippen LogP contribution in [0.4, 0.5) is 5.69 Å². The van der Waals surface area contributed by atoms with Crippen LogP contribution in [0, 0.1) is 10.1 Å². The fourth-order valence-corrected chi connectivity index (χ4v) is 1.86. The van der Waals surface area contributed by atoms with Crippen LogP contribution in [-0.2, 0) is 16.0 Å². The summed E-state index contributed by atoms with van der Waals surface area (Å²) in [7, 11) is 0. The first-order valence-electron chi connectivity index (χ1n) is 6.83. The van der Waals surface area contributed by atoms with E-state index in [0.29, 0.717) is 18.5 Å². The van der Waals surface area contributed by atoms with Crippen LogP contribution in [0.3, 0.4) is 0 Å². The molecular weight excluding hydrogens is 290 g/mol. The van der Waals surface area contributed by atoms with Crippen LogP contribution < -0.4 is 10.6 Å². The Hall–Kier alpha value is -2.48. The van der Waals surface area contributed by atoms with Crippen LogP contribution >= 0.6 is 0 Å². The van der Waals surface area contributed by atoms with E-state index >= 15 is 0 Å². The topological polar surface area (TPSA) is 122 Å². The third kappa shape index (κ3) is 5.88. The van der Waals surface area contributed by atoms with Gasteiger partial charge in [0, 0.05) is 38.6 Å². The predicted octanol–water partition coefficient (Wildman–Crippen LogP) is 0.141. The highest BCUT2D eigenvalue weighted by molar-refractivity contribution is 5.87. The smallest absolute Gasteiger partial charge is 0.269 e. The highest BCUT2D eigenvalue weighted by Crippen LogP contribution is 2.13. The molecule has 0 saturated carbocycles. The van der Waals surface area contributed by atoms with Crippen LogP contribution in [0.25, 0.3) is 0 Å². The number of hydrogen-bond acceptors (Lipinski definition) is 5. The number of non-ortho nitro benzene ring substituents is 1. The molecule has 0 aromatic heterocycles. The van der Waals surface area contributed by atoms with E-state index in [1.165, 1.54) is 19.1 Å². The summed E-state index contributed by atoms with van der Waals surface area (Å²) in [5, 5.41) is 24.5. The van der Waals surface area contributed by atoms with Crippen molar-refractivity contribution in [1.82, 2.24) is 10.6 Å². The molecule has 8 heteroatoms. The van der Waals surface area contributed by atoms with Gasteiger partial charge in [-0.05, 0) is 12.0 Å². The van der Waals surface area contributed by atoms with E-state index in [9.17, 15) is 19.7 Å². The second kappa shape index (κ2) is 8.73. The summed E-state index contributed by atoms with van der Waals surface area (Å²) >= 11 is 0. The predicted molar refractivity (Wildman–Crippen MR) is 79.1 cm³/mol. The Bertz CT molecular complexity index is 530. The molecule has 8 nitrogen and oxygen atoms in total. The fraction of sp³-hybridized carbons (Fsp3) is 0.429. The molecule has 1 aromatic rings. The molecule has 0 spiro atoms. The van der Waals surface area contributed by atoms with Crippen molar-refractivity contribution < 1.29 is 19.6 Å². The lowest BCUT2D eigenvalue weighted by molar-refractivity contribution is -0.384. The zero-order valence-corrected chi connectivity index (χ0v) is 12.2. The minimum absolute atomic E-state index is 0.0343. The molecule has 1 rings (SSSR count).